The second-order valence-electron chi connectivity index (χ2n) is 7.64. The predicted octanol–water partition coefficient (Wildman–Crippen LogP) is 6.87. The van der Waals surface area contributed by atoms with E-state index in [1.165, 1.54) is 57.8 Å². The van der Waals surface area contributed by atoms with Crippen molar-refractivity contribution in [3.8, 4) is 0 Å². The van der Waals surface area contributed by atoms with Gasteiger partial charge in [-0.2, -0.15) is 8.42 Å². The minimum Gasteiger partial charge on any atom is -0.266 e. The number of hydrogen-bond donors (Lipinski definition) is 0. The van der Waals surface area contributed by atoms with Crippen LogP contribution in [0, 0.1) is 0 Å². The monoisotopic (exact) mass is 411 g/mol. The fourth-order valence-corrected chi connectivity index (χ4v) is 4.75. The van der Waals surface area contributed by atoms with Crippen LogP contribution in [0.2, 0.25) is 0 Å². The molecule has 0 saturated carbocycles. The molecule has 0 unspecified atom stereocenters. The van der Waals surface area contributed by atoms with E-state index >= 15 is 0 Å². The van der Waals surface area contributed by atoms with Gasteiger partial charge in [-0.25, -0.2) is 0 Å². The van der Waals surface area contributed by atoms with Crippen LogP contribution in [0.1, 0.15) is 84.0 Å². The molecule has 0 heterocycles. The number of hydrogen-bond acceptors (Lipinski definition) is 3. The Hall–Kier alpha value is -0.793. The summed E-state index contributed by atoms with van der Waals surface area (Å²) in [4.78, 5) is 0.268. The van der Waals surface area contributed by atoms with Crippen LogP contribution < -0.4 is 0 Å². The average molecular weight is 412 g/mol. The molecule has 0 fully saturated rings. The third-order valence-electron chi connectivity index (χ3n) is 5.26. The first-order valence-corrected chi connectivity index (χ1v) is 12.4. The Kier molecular flexibility index (Phi) is 13.6. The van der Waals surface area contributed by atoms with Crippen molar-refractivity contribution in [2.24, 2.45) is 0 Å². The molecule has 0 saturated heterocycles. The maximum absolute atomic E-state index is 12.5. The molecule has 0 spiro atoms. The van der Waals surface area contributed by atoms with Gasteiger partial charge in [0.1, 0.15) is 4.90 Å². The van der Waals surface area contributed by atoms with E-state index in [0.717, 1.165) is 30.0 Å². The van der Waals surface area contributed by atoms with E-state index in [1.807, 2.05) is 30.3 Å². The molecule has 0 atom stereocenters. The smallest absolute Gasteiger partial charge is 0.266 e. The Morgan fingerprint density at radius 3 is 1.83 bits per heavy atom. The van der Waals surface area contributed by atoms with Crippen molar-refractivity contribution in [3.63, 3.8) is 0 Å². The molecule has 0 aliphatic rings. The van der Waals surface area contributed by atoms with Gasteiger partial charge in [0.15, 0.2) is 0 Å². The van der Waals surface area contributed by atoms with Gasteiger partial charge < -0.3 is 0 Å². The zero-order valence-electron chi connectivity index (χ0n) is 18.4. The summed E-state index contributed by atoms with van der Waals surface area (Å²) in [5.74, 6) is 0. The molecular formula is C24H36LiO3S. The molecule has 2 rings (SSSR count). The quantitative estimate of drug-likeness (QED) is 0.182. The minimum atomic E-state index is -3.70. The third kappa shape index (κ3) is 9.70. The summed E-state index contributed by atoms with van der Waals surface area (Å²) in [6.07, 6.45) is 15.0. The van der Waals surface area contributed by atoms with E-state index in [9.17, 15) is 8.42 Å². The Morgan fingerprint density at radius 1 is 0.690 bits per heavy atom. The summed E-state index contributed by atoms with van der Waals surface area (Å²) in [5, 5.41) is 1.64. The SMILES string of the molecule is CCCCCCCCCCCCCCOS(=O)(=O)c1cccc2ccccc12.[Li]. The number of benzene rings is 2. The van der Waals surface area contributed by atoms with E-state index in [0.29, 0.717) is 0 Å². The van der Waals surface area contributed by atoms with Crippen molar-refractivity contribution in [3.05, 3.63) is 42.5 Å². The Bertz CT molecular complexity index is 784. The molecule has 3 nitrogen and oxygen atoms in total. The third-order valence-corrected chi connectivity index (χ3v) is 6.63. The Morgan fingerprint density at radius 2 is 1.21 bits per heavy atom. The molecular weight excluding hydrogens is 375 g/mol. The van der Waals surface area contributed by atoms with Gasteiger partial charge in [-0.05, 0) is 17.9 Å². The van der Waals surface area contributed by atoms with Gasteiger partial charge in [0, 0.05) is 24.2 Å². The van der Waals surface area contributed by atoms with Crippen molar-refractivity contribution < 1.29 is 12.6 Å². The molecule has 2 aromatic rings. The van der Waals surface area contributed by atoms with Gasteiger partial charge in [0.25, 0.3) is 10.1 Å². The summed E-state index contributed by atoms with van der Waals surface area (Å²) in [6.45, 7) is 2.52. The molecule has 5 heteroatoms. The summed E-state index contributed by atoms with van der Waals surface area (Å²) in [6, 6.07) is 12.8. The van der Waals surface area contributed by atoms with Gasteiger partial charge in [-0.3, -0.25) is 4.18 Å². The van der Waals surface area contributed by atoms with Crippen molar-refractivity contribution in [2.45, 2.75) is 88.9 Å². The van der Waals surface area contributed by atoms with Crippen LogP contribution >= 0.6 is 0 Å². The molecule has 0 N–H and O–H groups in total. The summed E-state index contributed by atoms with van der Waals surface area (Å²) >= 11 is 0. The van der Waals surface area contributed by atoms with Crippen molar-refractivity contribution >= 4 is 39.8 Å². The normalized spacial score (nSPS) is 11.5. The van der Waals surface area contributed by atoms with Crippen molar-refractivity contribution in [1.82, 2.24) is 0 Å². The van der Waals surface area contributed by atoms with E-state index in [-0.39, 0.29) is 30.4 Å². The standard InChI is InChI=1S/C24H36O3S.Li/c1-2-3-4-5-6-7-8-9-10-11-12-15-21-27-28(25,26)24-20-16-18-22-17-13-14-19-23(22)24;/h13-14,16-20H,2-12,15,21H2,1H3;. The predicted molar refractivity (Wildman–Crippen MR) is 124 cm³/mol. The second kappa shape index (κ2) is 15.1. The molecule has 2 aromatic carbocycles. The van der Waals surface area contributed by atoms with E-state index < -0.39 is 10.1 Å². The number of unbranched alkanes of at least 4 members (excludes halogenated alkanes) is 11. The van der Waals surface area contributed by atoms with Gasteiger partial charge in [-0.1, -0.05) is 114 Å². The van der Waals surface area contributed by atoms with Crippen LogP contribution in [-0.4, -0.2) is 33.9 Å². The van der Waals surface area contributed by atoms with Gasteiger partial charge in [0.2, 0.25) is 0 Å². The van der Waals surface area contributed by atoms with Crippen LogP contribution in [0.4, 0.5) is 0 Å². The molecule has 0 aliphatic heterocycles. The fraction of sp³-hybridized carbons (Fsp3) is 0.583. The second-order valence-corrected chi connectivity index (χ2v) is 9.23. The minimum absolute atomic E-state index is 0. The Balaban J connectivity index is 0.00000420. The van der Waals surface area contributed by atoms with Crippen molar-refractivity contribution in [1.29, 1.82) is 0 Å². The first kappa shape index (κ1) is 26.2. The Labute approximate surface area is 189 Å². The van der Waals surface area contributed by atoms with E-state index in [1.54, 1.807) is 12.1 Å². The van der Waals surface area contributed by atoms with Crippen LogP contribution in [-0.2, 0) is 14.3 Å². The van der Waals surface area contributed by atoms with Gasteiger partial charge in [-0.15, -0.1) is 0 Å². The number of rotatable bonds is 15. The van der Waals surface area contributed by atoms with Gasteiger partial charge >= 0.3 is 0 Å². The molecule has 0 aliphatic carbocycles. The largest absolute Gasteiger partial charge is 0.297 e. The van der Waals surface area contributed by atoms with E-state index in [2.05, 4.69) is 6.92 Å². The molecule has 0 aromatic heterocycles. The molecule has 157 valence electrons. The topological polar surface area (TPSA) is 43.4 Å². The van der Waals surface area contributed by atoms with Gasteiger partial charge in [0.05, 0.1) is 6.61 Å². The first-order chi connectivity index (χ1) is 13.6. The van der Waals surface area contributed by atoms with Crippen LogP contribution in [0.3, 0.4) is 0 Å². The molecule has 29 heavy (non-hydrogen) atoms. The summed E-state index contributed by atoms with van der Waals surface area (Å²) < 4.78 is 30.3. The zero-order chi connectivity index (χ0) is 20.1. The molecule has 0 amide bonds. The molecule has 1 radical (unpaired) electrons. The zero-order valence-corrected chi connectivity index (χ0v) is 19.2. The van der Waals surface area contributed by atoms with Crippen LogP contribution in [0.5, 0.6) is 0 Å². The summed E-state index contributed by atoms with van der Waals surface area (Å²) in [5.41, 5.74) is 0. The average Bonchev–Trinajstić information content (AvgIpc) is 2.71. The summed E-state index contributed by atoms with van der Waals surface area (Å²) in [7, 11) is -3.70. The van der Waals surface area contributed by atoms with Crippen LogP contribution in [0.15, 0.2) is 47.4 Å². The number of fused-ring (bicyclic) bond motifs is 1. The maximum Gasteiger partial charge on any atom is 0.297 e. The van der Waals surface area contributed by atoms with Crippen LogP contribution in [0.25, 0.3) is 10.8 Å². The van der Waals surface area contributed by atoms with Crippen molar-refractivity contribution in [2.75, 3.05) is 6.61 Å². The van der Waals surface area contributed by atoms with E-state index in [4.69, 9.17) is 4.18 Å². The molecule has 0 bridgehead atoms. The fourth-order valence-electron chi connectivity index (χ4n) is 3.59. The first-order valence-electron chi connectivity index (χ1n) is 11.0. The maximum atomic E-state index is 12.5.